The SMILES string of the molecule is CCOC(=O)c1c(NC(=S)NCc2cc(C)n(C)n2)sc2c1CCCC2. The number of hydrogen-bond donors (Lipinski definition) is 2. The fourth-order valence-corrected chi connectivity index (χ4v) is 4.63. The highest BCUT2D eigenvalue weighted by atomic mass is 32.1. The van der Waals surface area contributed by atoms with E-state index in [1.54, 1.807) is 11.3 Å². The van der Waals surface area contributed by atoms with Crippen LogP contribution < -0.4 is 10.6 Å². The maximum Gasteiger partial charge on any atom is 0.341 e. The third-order valence-electron chi connectivity index (χ3n) is 4.47. The van der Waals surface area contributed by atoms with Crippen LogP contribution in [0.25, 0.3) is 0 Å². The van der Waals surface area contributed by atoms with Crippen molar-refractivity contribution in [2.75, 3.05) is 11.9 Å². The van der Waals surface area contributed by atoms with E-state index in [0.29, 0.717) is 23.8 Å². The summed E-state index contributed by atoms with van der Waals surface area (Å²) in [6, 6.07) is 2.02. The maximum absolute atomic E-state index is 12.5. The Morgan fingerprint density at radius 1 is 1.42 bits per heavy atom. The Morgan fingerprint density at radius 3 is 2.88 bits per heavy atom. The molecule has 2 aromatic rings. The molecule has 6 nitrogen and oxygen atoms in total. The van der Waals surface area contributed by atoms with Gasteiger partial charge in [0.25, 0.3) is 0 Å². The summed E-state index contributed by atoms with van der Waals surface area (Å²) in [4.78, 5) is 13.7. The lowest BCUT2D eigenvalue weighted by molar-refractivity contribution is 0.0526. The Labute approximate surface area is 162 Å². The molecule has 0 saturated heterocycles. The first-order valence-electron chi connectivity index (χ1n) is 8.85. The first kappa shape index (κ1) is 18.8. The average molecular weight is 393 g/mol. The standard InChI is InChI=1S/C18H24N4O2S2/c1-4-24-17(23)15-13-7-5-6-8-14(13)26-16(15)20-18(25)19-10-12-9-11(2)22(3)21-12/h9H,4-8,10H2,1-3H3,(H2,19,20,25). The highest BCUT2D eigenvalue weighted by Gasteiger charge is 2.26. The van der Waals surface area contributed by atoms with E-state index in [9.17, 15) is 4.79 Å². The Hall–Kier alpha value is -1.93. The molecule has 3 rings (SSSR count). The molecule has 0 spiro atoms. The minimum Gasteiger partial charge on any atom is -0.462 e. The number of ether oxygens (including phenoxy) is 1. The monoisotopic (exact) mass is 392 g/mol. The van der Waals surface area contributed by atoms with E-state index in [4.69, 9.17) is 17.0 Å². The molecule has 0 saturated carbocycles. The first-order chi connectivity index (χ1) is 12.5. The molecule has 0 aliphatic heterocycles. The molecule has 1 aliphatic rings. The van der Waals surface area contributed by atoms with Crippen LogP contribution in [0.15, 0.2) is 6.07 Å². The van der Waals surface area contributed by atoms with E-state index >= 15 is 0 Å². The zero-order chi connectivity index (χ0) is 18.7. The van der Waals surface area contributed by atoms with Crippen molar-refractivity contribution in [2.45, 2.75) is 46.1 Å². The molecule has 0 radical (unpaired) electrons. The van der Waals surface area contributed by atoms with Gasteiger partial charge in [-0.2, -0.15) is 5.10 Å². The molecule has 0 aromatic carbocycles. The van der Waals surface area contributed by atoms with E-state index in [1.165, 1.54) is 4.88 Å². The number of carbonyl (C=O) groups excluding carboxylic acids is 1. The molecule has 140 valence electrons. The van der Waals surface area contributed by atoms with E-state index < -0.39 is 0 Å². The van der Waals surface area contributed by atoms with Crippen LogP contribution in [0.3, 0.4) is 0 Å². The summed E-state index contributed by atoms with van der Waals surface area (Å²) in [7, 11) is 1.91. The Bertz CT molecular complexity index is 806. The third-order valence-corrected chi connectivity index (χ3v) is 5.93. The molecule has 0 unspecified atom stereocenters. The minimum absolute atomic E-state index is 0.266. The van der Waals surface area contributed by atoms with Gasteiger partial charge in [-0.05, 0) is 63.4 Å². The second kappa shape index (κ2) is 8.18. The van der Waals surface area contributed by atoms with Crippen molar-refractivity contribution < 1.29 is 9.53 Å². The summed E-state index contributed by atoms with van der Waals surface area (Å²) < 4.78 is 7.10. The molecule has 0 amide bonds. The van der Waals surface area contributed by atoms with Crippen molar-refractivity contribution >= 4 is 39.6 Å². The van der Waals surface area contributed by atoms with Gasteiger partial charge in [0.15, 0.2) is 5.11 Å². The average Bonchev–Trinajstić information content (AvgIpc) is 3.12. The van der Waals surface area contributed by atoms with Crippen molar-refractivity contribution in [3.05, 3.63) is 33.5 Å². The zero-order valence-corrected chi connectivity index (χ0v) is 17.0. The second-order valence-corrected chi connectivity index (χ2v) is 7.86. The number of nitrogens with zero attached hydrogens (tertiary/aromatic N) is 2. The van der Waals surface area contributed by atoms with Crippen LogP contribution in [0.5, 0.6) is 0 Å². The van der Waals surface area contributed by atoms with Gasteiger partial charge < -0.3 is 15.4 Å². The number of rotatable bonds is 5. The van der Waals surface area contributed by atoms with Crippen LogP contribution >= 0.6 is 23.6 Å². The third kappa shape index (κ3) is 4.07. The van der Waals surface area contributed by atoms with Gasteiger partial charge in [-0.15, -0.1) is 11.3 Å². The number of carbonyl (C=O) groups is 1. The molecule has 0 atom stereocenters. The van der Waals surface area contributed by atoms with E-state index in [0.717, 1.165) is 47.6 Å². The van der Waals surface area contributed by atoms with Gasteiger partial charge in [0.2, 0.25) is 0 Å². The second-order valence-electron chi connectivity index (χ2n) is 6.34. The molecule has 26 heavy (non-hydrogen) atoms. The summed E-state index contributed by atoms with van der Waals surface area (Å²) in [5.41, 5.74) is 3.80. The Morgan fingerprint density at radius 2 is 2.19 bits per heavy atom. The van der Waals surface area contributed by atoms with Crippen molar-refractivity contribution in [1.29, 1.82) is 0 Å². The summed E-state index contributed by atoms with van der Waals surface area (Å²) in [5, 5.41) is 12.0. The highest BCUT2D eigenvalue weighted by molar-refractivity contribution is 7.80. The Kier molecular flexibility index (Phi) is 5.93. The van der Waals surface area contributed by atoms with Crippen LogP contribution in [0.4, 0.5) is 5.00 Å². The molecule has 2 aromatic heterocycles. The topological polar surface area (TPSA) is 68.2 Å². The molecule has 8 heteroatoms. The smallest absolute Gasteiger partial charge is 0.341 e. The molecular formula is C18H24N4O2S2. The predicted octanol–water partition coefficient (Wildman–Crippen LogP) is 3.33. The van der Waals surface area contributed by atoms with Crippen LogP contribution in [0.2, 0.25) is 0 Å². The summed E-state index contributed by atoms with van der Waals surface area (Å²) >= 11 is 7.04. The summed E-state index contributed by atoms with van der Waals surface area (Å²) in [5.74, 6) is -0.266. The lowest BCUT2D eigenvalue weighted by atomic mass is 9.95. The van der Waals surface area contributed by atoms with Crippen molar-refractivity contribution in [3.63, 3.8) is 0 Å². The number of aryl methyl sites for hydroxylation is 3. The predicted molar refractivity (Wildman–Crippen MR) is 108 cm³/mol. The highest BCUT2D eigenvalue weighted by Crippen LogP contribution is 2.38. The largest absolute Gasteiger partial charge is 0.462 e. The normalized spacial score (nSPS) is 13.2. The fraction of sp³-hybridized carbons (Fsp3) is 0.500. The van der Waals surface area contributed by atoms with Gasteiger partial charge in [0.1, 0.15) is 5.00 Å². The molecule has 2 N–H and O–H groups in total. The number of anilines is 1. The quantitative estimate of drug-likeness (QED) is 0.601. The van der Waals surface area contributed by atoms with Crippen LogP contribution in [0, 0.1) is 6.92 Å². The fourth-order valence-electron chi connectivity index (χ4n) is 3.11. The number of nitrogens with one attached hydrogen (secondary N) is 2. The van der Waals surface area contributed by atoms with E-state index in [1.807, 2.05) is 31.6 Å². The van der Waals surface area contributed by atoms with E-state index in [2.05, 4.69) is 15.7 Å². The van der Waals surface area contributed by atoms with Gasteiger partial charge in [0.05, 0.1) is 24.4 Å². The maximum atomic E-state index is 12.5. The zero-order valence-electron chi connectivity index (χ0n) is 15.3. The first-order valence-corrected chi connectivity index (χ1v) is 10.1. The van der Waals surface area contributed by atoms with Gasteiger partial charge in [0, 0.05) is 17.6 Å². The summed E-state index contributed by atoms with van der Waals surface area (Å²) in [6.07, 6.45) is 4.21. The molecule has 0 bridgehead atoms. The number of thiophene rings is 1. The number of esters is 1. The lowest BCUT2D eigenvalue weighted by Crippen LogP contribution is -2.28. The number of hydrogen-bond acceptors (Lipinski definition) is 5. The van der Waals surface area contributed by atoms with Gasteiger partial charge in [-0.25, -0.2) is 4.79 Å². The number of aromatic nitrogens is 2. The lowest BCUT2D eigenvalue weighted by Gasteiger charge is -2.13. The van der Waals surface area contributed by atoms with Crippen molar-refractivity contribution in [1.82, 2.24) is 15.1 Å². The summed E-state index contributed by atoms with van der Waals surface area (Å²) in [6.45, 7) is 4.73. The van der Waals surface area contributed by atoms with Crippen LogP contribution in [-0.2, 0) is 31.2 Å². The van der Waals surface area contributed by atoms with Gasteiger partial charge >= 0.3 is 5.97 Å². The molecule has 1 aliphatic carbocycles. The minimum atomic E-state index is -0.266. The number of fused-ring (bicyclic) bond motifs is 1. The Balaban J connectivity index is 1.72. The van der Waals surface area contributed by atoms with E-state index in [-0.39, 0.29) is 5.97 Å². The number of thiocarbonyl (C=S) groups is 1. The molecular weight excluding hydrogens is 368 g/mol. The van der Waals surface area contributed by atoms with Gasteiger partial charge in [-0.1, -0.05) is 0 Å². The van der Waals surface area contributed by atoms with Gasteiger partial charge in [-0.3, -0.25) is 4.68 Å². The molecule has 2 heterocycles. The van der Waals surface area contributed by atoms with Crippen molar-refractivity contribution in [3.8, 4) is 0 Å². The molecule has 0 fully saturated rings. The van der Waals surface area contributed by atoms with Crippen LogP contribution in [0.1, 0.15) is 52.0 Å². The van der Waals surface area contributed by atoms with Crippen LogP contribution in [-0.4, -0.2) is 27.5 Å². The van der Waals surface area contributed by atoms with Crippen molar-refractivity contribution in [2.24, 2.45) is 7.05 Å².